The van der Waals surface area contributed by atoms with Crippen molar-refractivity contribution in [2.75, 3.05) is 0 Å². The number of hydrogen-bond donors (Lipinski definition) is 1. The summed E-state index contributed by atoms with van der Waals surface area (Å²) in [5.74, 6) is -0.505. The first-order valence-corrected chi connectivity index (χ1v) is 8.91. The van der Waals surface area contributed by atoms with E-state index in [4.69, 9.17) is 9.36 Å². The molecule has 1 aliphatic heterocycles. The van der Waals surface area contributed by atoms with E-state index in [9.17, 15) is 9.59 Å². The van der Waals surface area contributed by atoms with E-state index in [-0.39, 0.29) is 0 Å². The molecular formula is C23H16N2O4. The van der Waals surface area contributed by atoms with E-state index in [1.165, 1.54) is 0 Å². The van der Waals surface area contributed by atoms with Crippen LogP contribution in [0.15, 0.2) is 105 Å². The van der Waals surface area contributed by atoms with Gasteiger partial charge in [-0.3, -0.25) is 0 Å². The monoisotopic (exact) mass is 384 g/mol. The Morgan fingerprint density at radius 1 is 0.828 bits per heavy atom. The van der Waals surface area contributed by atoms with Crippen LogP contribution in [0.3, 0.4) is 0 Å². The molecule has 0 fully saturated rings. The van der Waals surface area contributed by atoms with Crippen LogP contribution in [0.5, 0.6) is 0 Å². The lowest BCUT2D eigenvalue weighted by atomic mass is 10.0. The molecule has 0 saturated carbocycles. The first kappa shape index (κ1) is 18.2. The normalized spacial score (nSPS) is 15.4. The molecule has 0 bridgehead atoms. The number of benzene rings is 2. The molecule has 3 aromatic rings. The fraction of sp³-hybridized carbons (Fsp3) is 0. The maximum atomic E-state index is 12.0. The van der Waals surface area contributed by atoms with Crippen LogP contribution in [0, 0.1) is 0 Å². The quantitative estimate of drug-likeness (QED) is 0.408. The van der Waals surface area contributed by atoms with Crippen LogP contribution in [0.4, 0.5) is 0 Å². The second kappa shape index (κ2) is 8.22. The predicted octanol–water partition coefficient (Wildman–Crippen LogP) is 4.09. The van der Waals surface area contributed by atoms with Gasteiger partial charge in [0, 0.05) is 11.1 Å². The number of H-pyrrole nitrogens is 1. The van der Waals surface area contributed by atoms with Crippen molar-refractivity contribution < 1.29 is 14.2 Å². The maximum Gasteiger partial charge on any atom is 0.368 e. The highest BCUT2D eigenvalue weighted by atomic mass is 16.7. The molecule has 0 spiro atoms. The number of rotatable bonds is 5. The third-order valence-electron chi connectivity index (χ3n) is 4.29. The summed E-state index contributed by atoms with van der Waals surface area (Å²) in [4.78, 5) is 28.7. The molecule has 0 radical (unpaired) electrons. The maximum absolute atomic E-state index is 12.0. The minimum Gasteiger partial charge on any atom is -0.338 e. The van der Waals surface area contributed by atoms with Crippen LogP contribution in [0.2, 0.25) is 0 Å². The topological polar surface area (TPSA) is 84.7 Å². The molecule has 4 rings (SSSR count). The number of oxime groups is 1. The Balaban J connectivity index is 1.53. The molecule has 0 saturated heterocycles. The lowest BCUT2D eigenvalue weighted by Crippen LogP contribution is -2.06. The number of allylic oxidation sites excluding steroid dienone is 4. The summed E-state index contributed by atoms with van der Waals surface area (Å²) in [5, 5.41) is 6.51. The van der Waals surface area contributed by atoms with E-state index in [1.807, 2.05) is 60.7 Å². The van der Waals surface area contributed by atoms with E-state index in [0.717, 1.165) is 11.1 Å². The second-order valence-electron chi connectivity index (χ2n) is 6.16. The van der Waals surface area contributed by atoms with Gasteiger partial charge in [-0.15, -0.1) is 0 Å². The van der Waals surface area contributed by atoms with Crippen molar-refractivity contribution in [3.8, 4) is 11.3 Å². The minimum absolute atomic E-state index is 0.368. The molecule has 1 aliphatic rings. The summed E-state index contributed by atoms with van der Waals surface area (Å²) in [7, 11) is 0. The Bertz CT molecular complexity index is 1200. The number of aromatic amines is 1. The zero-order valence-electron chi connectivity index (χ0n) is 15.2. The van der Waals surface area contributed by atoms with Gasteiger partial charge in [0.15, 0.2) is 0 Å². The SMILES string of the molecule is O=C1ON=C(c2ccccc2)C1=C/C=C/C=C/c1c(-c2ccccc2)[nH]oc1=O. The molecule has 0 aliphatic carbocycles. The first-order chi connectivity index (χ1) is 14.2. The summed E-state index contributed by atoms with van der Waals surface area (Å²) in [6, 6.07) is 18.8. The largest absolute Gasteiger partial charge is 0.368 e. The second-order valence-corrected chi connectivity index (χ2v) is 6.16. The van der Waals surface area contributed by atoms with Crippen LogP contribution in [-0.4, -0.2) is 16.8 Å². The van der Waals surface area contributed by atoms with Crippen LogP contribution in [0.25, 0.3) is 17.3 Å². The average molecular weight is 384 g/mol. The Morgan fingerprint density at radius 3 is 2.24 bits per heavy atom. The van der Waals surface area contributed by atoms with Crippen molar-refractivity contribution in [2.24, 2.45) is 5.16 Å². The number of carbonyl (C=O) groups excluding carboxylic acids is 1. The molecule has 6 heteroatoms. The van der Waals surface area contributed by atoms with Gasteiger partial charge < -0.3 is 9.36 Å². The van der Waals surface area contributed by atoms with Gasteiger partial charge in [0.05, 0.1) is 16.8 Å². The van der Waals surface area contributed by atoms with Crippen molar-refractivity contribution in [2.45, 2.75) is 0 Å². The Kier molecular flexibility index (Phi) is 5.16. The van der Waals surface area contributed by atoms with Gasteiger partial charge in [-0.05, 0) is 12.2 Å². The summed E-state index contributed by atoms with van der Waals surface area (Å²) in [6.07, 6.45) is 8.38. The predicted molar refractivity (Wildman–Crippen MR) is 110 cm³/mol. The zero-order valence-corrected chi connectivity index (χ0v) is 15.2. The third kappa shape index (κ3) is 3.91. The van der Waals surface area contributed by atoms with Gasteiger partial charge in [-0.1, -0.05) is 84.0 Å². The highest BCUT2D eigenvalue weighted by Crippen LogP contribution is 2.20. The lowest BCUT2D eigenvalue weighted by Gasteiger charge is -1.98. The van der Waals surface area contributed by atoms with Crippen molar-refractivity contribution >= 4 is 17.8 Å². The van der Waals surface area contributed by atoms with E-state index >= 15 is 0 Å². The molecule has 0 atom stereocenters. The molecule has 0 unspecified atom stereocenters. The fourth-order valence-corrected chi connectivity index (χ4v) is 2.88. The Hall–Kier alpha value is -4.19. The molecule has 6 nitrogen and oxygen atoms in total. The van der Waals surface area contributed by atoms with E-state index in [2.05, 4.69) is 10.3 Å². The summed E-state index contributed by atoms with van der Waals surface area (Å²) in [5.41, 5.74) is 3.07. The Morgan fingerprint density at radius 2 is 1.52 bits per heavy atom. The standard InChI is InChI=1S/C23H16N2O4/c26-22-18(20(24-28-22)16-10-4-1-5-11-16)14-8-3-9-15-19-21(25-29-23(19)27)17-12-6-2-7-13-17/h1-15,24H/b9-3+,14-8+,19-15?. The van der Waals surface area contributed by atoms with E-state index < -0.39 is 11.6 Å². The number of carbonyl (C=O) groups is 1. The minimum atomic E-state index is -0.505. The molecular weight excluding hydrogens is 368 g/mol. The molecule has 0 amide bonds. The first-order valence-electron chi connectivity index (χ1n) is 8.91. The summed E-state index contributed by atoms with van der Waals surface area (Å²) >= 11 is 0. The van der Waals surface area contributed by atoms with Gasteiger partial charge in [-0.2, -0.15) is 0 Å². The van der Waals surface area contributed by atoms with Gasteiger partial charge in [0.2, 0.25) is 0 Å². The van der Waals surface area contributed by atoms with Crippen LogP contribution in [-0.2, 0) is 9.63 Å². The lowest BCUT2D eigenvalue weighted by molar-refractivity contribution is -0.136. The van der Waals surface area contributed by atoms with Crippen LogP contribution < -0.4 is 5.63 Å². The highest BCUT2D eigenvalue weighted by molar-refractivity contribution is 6.28. The van der Waals surface area contributed by atoms with Gasteiger partial charge in [0.1, 0.15) is 5.71 Å². The van der Waals surface area contributed by atoms with Gasteiger partial charge >= 0.3 is 11.6 Å². The summed E-state index contributed by atoms with van der Waals surface area (Å²) < 4.78 is 4.92. The molecule has 1 aromatic heterocycles. The third-order valence-corrected chi connectivity index (χ3v) is 4.29. The highest BCUT2D eigenvalue weighted by Gasteiger charge is 2.25. The Labute approximate surface area is 166 Å². The van der Waals surface area contributed by atoms with Gasteiger partial charge in [0.25, 0.3) is 0 Å². The molecule has 2 aromatic carbocycles. The van der Waals surface area contributed by atoms with Crippen molar-refractivity contribution in [1.82, 2.24) is 5.16 Å². The van der Waals surface area contributed by atoms with Gasteiger partial charge in [-0.25, -0.2) is 14.7 Å². The number of nitrogens with zero attached hydrogens (tertiary/aromatic N) is 1. The number of aromatic nitrogens is 1. The fourth-order valence-electron chi connectivity index (χ4n) is 2.88. The smallest absolute Gasteiger partial charge is 0.338 e. The molecule has 142 valence electrons. The molecule has 1 N–H and O–H groups in total. The molecule has 29 heavy (non-hydrogen) atoms. The van der Waals surface area contributed by atoms with E-state index in [0.29, 0.717) is 22.5 Å². The van der Waals surface area contributed by atoms with Crippen molar-refractivity contribution in [1.29, 1.82) is 0 Å². The van der Waals surface area contributed by atoms with Crippen LogP contribution >= 0.6 is 0 Å². The molecule has 2 heterocycles. The average Bonchev–Trinajstić information content (AvgIpc) is 3.32. The number of hydrogen-bond acceptors (Lipinski definition) is 5. The zero-order chi connectivity index (χ0) is 20.1. The van der Waals surface area contributed by atoms with Crippen LogP contribution in [0.1, 0.15) is 11.1 Å². The number of nitrogens with one attached hydrogen (secondary N) is 1. The van der Waals surface area contributed by atoms with Crippen molar-refractivity contribution in [3.63, 3.8) is 0 Å². The van der Waals surface area contributed by atoms with Crippen molar-refractivity contribution in [3.05, 3.63) is 112 Å². The van der Waals surface area contributed by atoms with E-state index in [1.54, 1.807) is 30.4 Å². The summed E-state index contributed by atoms with van der Waals surface area (Å²) in [6.45, 7) is 0.